The SMILES string of the molecule is C[N+](C)(Cc1ccc(NC(=O)C2=Cc3cc(Cl)cc(Cl)c3OC2)cc1)C1CCOCC1.[Cl-]. The molecule has 2 heterocycles. The molecule has 0 aliphatic carbocycles. The second kappa shape index (κ2) is 10.4. The number of halogens is 3. The smallest absolute Gasteiger partial charge is 0.255 e. The van der Waals surface area contributed by atoms with Crippen molar-refractivity contribution < 1.29 is 31.2 Å². The summed E-state index contributed by atoms with van der Waals surface area (Å²) in [7, 11) is 4.55. The molecule has 8 heteroatoms. The molecule has 0 aromatic heterocycles. The molecule has 0 saturated carbocycles. The summed E-state index contributed by atoms with van der Waals surface area (Å²) in [6, 6.07) is 12.0. The number of carbonyl (C=O) groups is 1. The highest BCUT2D eigenvalue weighted by molar-refractivity contribution is 6.36. The van der Waals surface area contributed by atoms with Gasteiger partial charge in [-0.15, -0.1) is 0 Å². The van der Waals surface area contributed by atoms with Gasteiger partial charge < -0.3 is 31.7 Å². The quantitative estimate of drug-likeness (QED) is 0.644. The van der Waals surface area contributed by atoms with Gasteiger partial charge in [0.1, 0.15) is 18.9 Å². The van der Waals surface area contributed by atoms with Gasteiger partial charge in [0.15, 0.2) is 0 Å². The minimum Gasteiger partial charge on any atom is -1.00 e. The highest BCUT2D eigenvalue weighted by Crippen LogP contribution is 2.36. The van der Waals surface area contributed by atoms with Crippen LogP contribution in [0, 0.1) is 0 Å². The molecule has 2 aliphatic heterocycles. The maximum absolute atomic E-state index is 12.7. The Bertz CT molecular complexity index is 1000. The lowest BCUT2D eigenvalue weighted by Crippen LogP contribution is -3.00. The van der Waals surface area contributed by atoms with Gasteiger partial charge in [-0.05, 0) is 30.3 Å². The van der Waals surface area contributed by atoms with Gasteiger partial charge in [-0.3, -0.25) is 4.79 Å². The van der Waals surface area contributed by atoms with Crippen LogP contribution in [0.2, 0.25) is 10.0 Å². The van der Waals surface area contributed by atoms with E-state index in [9.17, 15) is 4.79 Å². The van der Waals surface area contributed by atoms with Crippen molar-refractivity contribution in [3.8, 4) is 5.75 Å². The molecule has 2 aromatic carbocycles. The number of hydrogen-bond acceptors (Lipinski definition) is 3. The Kier molecular flexibility index (Phi) is 8.12. The van der Waals surface area contributed by atoms with Crippen LogP contribution in [-0.2, 0) is 16.1 Å². The van der Waals surface area contributed by atoms with E-state index in [-0.39, 0.29) is 24.9 Å². The molecule has 0 atom stereocenters. The molecule has 1 N–H and O–H groups in total. The number of quaternary nitrogens is 1. The Hall–Kier alpha value is -1.76. The third kappa shape index (κ3) is 5.77. The van der Waals surface area contributed by atoms with E-state index in [1.165, 1.54) is 5.56 Å². The number of amides is 1. The van der Waals surface area contributed by atoms with E-state index in [1.807, 2.05) is 12.1 Å². The average Bonchev–Trinajstić information content (AvgIpc) is 2.75. The fraction of sp³-hybridized carbons (Fsp3) is 0.375. The number of ether oxygens (including phenoxy) is 2. The van der Waals surface area contributed by atoms with Crippen molar-refractivity contribution in [3.63, 3.8) is 0 Å². The number of rotatable bonds is 5. The van der Waals surface area contributed by atoms with Crippen molar-refractivity contribution in [1.29, 1.82) is 0 Å². The number of benzene rings is 2. The second-order valence-electron chi connectivity index (χ2n) is 8.70. The highest BCUT2D eigenvalue weighted by Gasteiger charge is 2.30. The Labute approximate surface area is 205 Å². The Morgan fingerprint density at radius 3 is 2.50 bits per heavy atom. The van der Waals surface area contributed by atoms with Gasteiger partial charge in [0.2, 0.25) is 0 Å². The van der Waals surface area contributed by atoms with Crippen LogP contribution >= 0.6 is 23.2 Å². The third-order valence-corrected chi connectivity index (χ3v) is 6.51. The monoisotopic (exact) mass is 496 g/mol. The maximum atomic E-state index is 12.7. The molecule has 4 rings (SSSR count). The molecule has 32 heavy (non-hydrogen) atoms. The number of anilines is 1. The average molecular weight is 498 g/mol. The minimum atomic E-state index is -0.201. The van der Waals surface area contributed by atoms with E-state index in [1.54, 1.807) is 18.2 Å². The van der Waals surface area contributed by atoms with Gasteiger partial charge in [0, 0.05) is 34.7 Å². The zero-order valence-electron chi connectivity index (χ0n) is 18.2. The van der Waals surface area contributed by atoms with E-state index >= 15 is 0 Å². The largest absolute Gasteiger partial charge is 1.00 e. The van der Waals surface area contributed by atoms with Crippen molar-refractivity contribution in [2.75, 3.05) is 39.2 Å². The van der Waals surface area contributed by atoms with Crippen LogP contribution < -0.4 is 22.5 Å². The molecule has 172 valence electrons. The first-order chi connectivity index (χ1) is 14.8. The topological polar surface area (TPSA) is 47.6 Å². The van der Waals surface area contributed by atoms with Crippen LogP contribution in [0.15, 0.2) is 42.0 Å². The molecule has 0 spiro atoms. The molecular formula is C24H27Cl3N2O3. The number of carbonyl (C=O) groups excluding carboxylic acids is 1. The van der Waals surface area contributed by atoms with Gasteiger partial charge in [-0.25, -0.2) is 0 Å². The molecule has 1 fully saturated rings. The molecule has 0 radical (unpaired) electrons. The summed E-state index contributed by atoms with van der Waals surface area (Å²) in [6.07, 6.45) is 3.96. The summed E-state index contributed by atoms with van der Waals surface area (Å²) in [4.78, 5) is 12.7. The van der Waals surface area contributed by atoms with Crippen molar-refractivity contribution in [1.82, 2.24) is 0 Å². The first-order valence-electron chi connectivity index (χ1n) is 10.4. The lowest BCUT2D eigenvalue weighted by atomic mass is 10.0. The summed E-state index contributed by atoms with van der Waals surface area (Å²) < 4.78 is 12.1. The van der Waals surface area contributed by atoms with Crippen LogP contribution in [-0.4, -0.2) is 50.3 Å². The predicted molar refractivity (Wildman–Crippen MR) is 125 cm³/mol. The number of fused-ring (bicyclic) bond motifs is 1. The molecule has 2 aromatic rings. The summed E-state index contributed by atoms with van der Waals surface area (Å²) in [6.45, 7) is 2.80. The van der Waals surface area contributed by atoms with E-state index < -0.39 is 0 Å². The van der Waals surface area contributed by atoms with Crippen LogP contribution in [0.3, 0.4) is 0 Å². The molecule has 2 aliphatic rings. The van der Waals surface area contributed by atoms with Crippen molar-refractivity contribution in [2.24, 2.45) is 0 Å². The second-order valence-corrected chi connectivity index (χ2v) is 9.54. The van der Waals surface area contributed by atoms with Crippen molar-refractivity contribution in [3.05, 3.63) is 63.1 Å². The van der Waals surface area contributed by atoms with Gasteiger partial charge in [0.05, 0.1) is 43.9 Å². The number of nitrogens with zero attached hydrogens (tertiary/aromatic N) is 1. The molecule has 0 bridgehead atoms. The van der Waals surface area contributed by atoms with E-state index in [4.69, 9.17) is 32.7 Å². The highest BCUT2D eigenvalue weighted by atomic mass is 35.5. The normalized spacial score (nSPS) is 16.3. The molecular weight excluding hydrogens is 471 g/mol. The summed E-state index contributed by atoms with van der Waals surface area (Å²) in [5, 5.41) is 3.89. The standard InChI is InChI=1S/C24H26Cl2N2O3.ClH/c1-28(2,21-7-9-30-10-8-21)14-16-3-5-20(6-4-16)27-24(29)18-11-17-12-19(25)13-22(26)23(17)31-15-18;/h3-6,11-13,21H,7-10,14-15H2,1-2H3;1H. The van der Waals surface area contributed by atoms with Gasteiger partial charge in [-0.1, -0.05) is 35.3 Å². The fourth-order valence-electron chi connectivity index (χ4n) is 4.24. The van der Waals surface area contributed by atoms with Crippen molar-refractivity contribution in [2.45, 2.75) is 25.4 Å². The zero-order valence-corrected chi connectivity index (χ0v) is 20.4. The molecule has 5 nitrogen and oxygen atoms in total. The lowest BCUT2D eigenvalue weighted by molar-refractivity contribution is -0.929. The number of hydrogen-bond donors (Lipinski definition) is 1. The van der Waals surface area contributed by atoms with Gasteiger partial charge in [0.25, 0.3) is 5.91 Å². The van der Waals surface area contributed by atoms with Crippen molar-refractivity contribution >= 4 is 40.9 Å². The van der Waals surface area contributed by atoms with E-state index in [0.29, 0.717) is 33.0 Å². The van der Waals surface area contributed by atoms with Gasteiger partial charge in [-0.2, -0.15) is 0 Å². The van der Waals surface area contributed by atoms with Gasteiger partial charge >= 0.3 is 0 Å². The van der Waals surface area contributed by atoms with E-state index in [0.717, 1.165) is 42.8 Å². The summed E-state index contributed by atoms with van der Waals surface area (Å²) >= 11 is 12.2. The van der Waals surface area contributed by atoms with Crippen LogP contribution in [0.25, 0.3) is 6.08 Å². The number of nitrogens with one attached hydrogen (secondary N) is 1. The Balaban J connectivity index is 0.00000289. The minimum absolute atomic E-state index is 0. The first kappa shape index (κ1) is 24.9. The molecule has 1 saturated heterocycles. The summed E-state index contributed by atoms with van der Waals surface area (Å²) in [5.41, 5.74) is 3.22. The molecule has 0 unspecified atom stereocenters. The zero-order chi connectivity index (χ0) is 22.0. The fourth-order valence-corrected chi connectivity index (χ4v) is 4.80. The van der Waals surface area contributed by atoms with E-state index in [2.05, 4.69) is 31.5 Å². The molecule has 1 amide bonds. The Morgan fingerprint density at radius 2 is 1.81 bits per heavy atom. The van der Waals surface area contributed by atoms with Crippen LogP contribution in [0.1, 0.15) is 24.0 Å². The van der Waals surface area contributed by atoms with Crippen LogP contribution in [0.5, 0.6) is 5.75 Å². The first-order valence-corrected chi connectivity index (χ1v) is 11.2. The Morgan fingerprint density at radius 1 is 1.12 bits per heavy atom. The van der Waals surface area contributed by atoms with Crippen LogP contribution in [0.4, 0.5) is 5.69 Å². The maximum Gasteiger partial charge on any atom is 0.255 e. The third-order valence-electron chi connectivity index (χ3n) is 6.01. The predicted octanol–water partition coefficient (Wildman–Crippen LogP) is 2.17. The lowest BCUT2D eigenvalue weighted by Gasteiger charge is -2.40. The summed E-state index contributed by atoms with van der Waals surface area (Å²) in [5.74, 6) is 0.352.